The normalized spacial score (nSPS) is 20.7. The number of alkyl halides is 3. The fourth-order valence-electron chi connectivity index (χ4n) is 2.62. The van der Waals surface area contributed by atoms with Gasteiger partial charge in [0.05, 0.1) is 12.0 Å². The minimum atomic E-state index is -4.05. The van der Waals surface area contributed by atoms with E-state index in [-0.39, 0.29) is 18.9 Å². The van der Waals surface area contributed by atoms with Crippen molar-refractivity contribution in [3.8, 4) is 0 Å². The molecule has 1 fully saturated rings. The van der Waals surface area contributed by atoms with E-state index in [4.69, 9.17) is 5.73 Å². The fourth-order valence-corrected chi connectivity index (χ4v) is 3.64. The van der Waals surface area contributed by atoms with Gasteiger partial charge in [-0.25, -0.2) is 0 Å². The Hall–Kier alpha value is -0.590. The second-order valence-electron chi connectivity index (χ2n) is 5.05. The van der Waals surface area contributed by atoms with Crippen LogP contribution in [0.5, 0.6) is 0 Å². The van der Waals surface area contributed by atoms with Crippen LogP contribution in [0.4, 0.5) is 13.2 Å². The minimum absolute atomic E-state index is 0.0629. The fraction of sp³-hybridized carbons (Fsp3) is 0.692. The van der Waals surface area contributed by atoms with E-state index >= 15 is 0 Å². The number of piperidine rings is 1. The summed E-state index contributed by atoms with van der Waals surface area (Å²) in [4.78, 5) is 4.46. The molecule has 1 saturated heterocycles. The van der Waals surface area contributed by atoms with Gasteiger partial charge < -0.3 is 5.73 Å². The number of thiophene rings is 1. The minimum Gasteiger partial charge on any atom is -0.329 e. The number of halogens is 3. The Morgan fingerprint density at radius 3 is 2.42 bits per heavy atom. The van der Waals surface area contributed by atoms with Crippen molar-refractivity contribution in [2.75, 3.05) is 19.6 Å². The molecule has 2 heterocycles. The maximum absolute atomic E-state index is 12.6. The van der Waals surface area contributed by atoms with E-state index in [1.165, 1.54) is 4.88 Å². The lowest BCUT2D eigenvalue weighted by Crippen LogP contribution is -2.42. The monoisotopic (exact) mass is 292 g/mol. The third kappa shape index (κ3) is 3.49. The van der Waals surface area contributed by atoms with Crippen LogP contribution >= 0.6 is 11.3 Å². The number of aryl methyl sites for hydroxylation is 1. The number of hydrogen-bond donors (Lipinski definition) is 1. The highest BCUT2D eigenvalue weighted by atomic mass is 32.1. The molecule has 2 rings (SSSR count). The van der Waals surface area contributed by atoms with Gasteiger partial charge in [0, 0.05) is 16.3 Å². The van der Waals surface area contributed by atoms with E-state index in [0.29, 0.717) is 19.6 Å². The molecule has 0 amide bonds. The summed E-state index contributed by atoms with van der Waals surface area (Å²) in [5, 5.41) is 0. The van der Waals surface area contributed by atoms with Crippen molar-refractivity contribution in [3.63, 3.8) is 0 Å². The molecule has 0 aliphatic carbocycles. The smallest absolute Gasteiger partial charge is 0.329 e. The quantitative estimate of drug-likeness (QED) is 0.926. The summed E-state index contributed by atoms with van der Waals surface area (Å²) in [6.45, 7) is 3.43. The second-order valence-corrected chi connectivity index (χ2v) is 6.37. The van der Waals surface area contributed by atoms with Gasteiger partial charge in [-0.3, -0.25) is 4.90 Å². The van der Waals surface area contributed by atoms with Crippen molar-refractivity contribution >= 4 is 11.3 Å². The average molecular weight is 292 g/mol. The van der Waals surface area contributed by atoms with E-state index in [2.05, 4.69) is 4.90 Å². The predicted molar refractivity (Wildman–Crippen MR) is 71.2 cm³/mol. The first-order valence-electron chi connectivity index (χ1n) is 6.49. The Labute approximate surface area is 115 Å². The molecule has 0 spiro atoms. The van der Waals surface area contributed by atoms with Crippen LogP contribution in [0.1, 0.15) is 28.6 Å². The molecule has 1 atom stereocenters. The molecule has 0 aromatic carbocycles. The average Bonchev–Trinajstić information content (AvgIpc) is 2.76. The first-order chi connectivity index (χ1) is 8.91. The molecular weight excluding hydrogens is 273 g/mol. The van der Waals surface area contributed by atoms with Gasteiger partial charge >= 0.3 is 6.18 Å². The third-order valence-corrected chi connectivity index (χ3v) is 4.85. The van der Waals surface area contributed by atoms with Crippen LogP contribution < -0.4 is 5.73 Å². The van der Waals surface area contributed by atoms with Crippen molar-refractivity contribution < 1.29 is 13.2 Å². The molecule has 0 radical (unpaired) electrons. The van der Waals surface area contributed by atoms with Gasteiger partial charge in [-0.05, 0) is 45.0 Å². The van der Waals surface area contributed by atoms with Gasteiger partial charge in [0.15, 0.2) is 0 Å². The van der Waals surface area contributed by atoms with Gasteiger partial charge in [0.2, 0.25) is 0 Å². The summed E-state index contributed by atoms with van der Waals surface area (Å²) in [6.07, 6.45) is -3.68. The number of hydrogen-bond acceptors (Lipinski definition) is 3. The van der Waals surface area contributed by atoms with Crippen molar-refractivity contribution in [1.82, 2.24) is 4.90 Å². The highest BCUT2D eigenvalue weighted by Gasteiger charge is 2.41. The maximum Gasteiger partial charge on any atom is 0.391 e. The SMILES string of the molecule is Cc1ccc(C(CN)N2CCC(C(F)(F)F)CC2)s1. The van der Waals surface area contributed by atoms with Crippen LogP contribution in [0.25, 0.3) is 0 Å². The molecule has 1 aromatic heterocycles. The Kier molecular flexibility index (Phi) is 4.53. The number of rotatable bonds is 3. The number of nitrogens with zero attached hydrogens (tertiary/aromatic N) is 1. The van der Waals surface area contributed by atoms with Gasteiger partial charge in [0.1, 0.15) is 0 Å². The predicted octanol–water partition coefficient (Wildman–Crippen LogP) is 3.33. The summed E-state index contributed by atoms with van der Waals surface area (Å²) in [6, 6.07) is 4.13. The summed E-state index contributed by atoms with van der Waals surface area (Å²) in [5.74, 6) is -1.15. The molecule has 6 heteroatoms. The molecule has 0 bridgehead atoms. The Morgan fingerprint density at radius 1 is 1.37 bits per heavy atom. The number of likely N-dealkylation sites (tertiary alicyclic amines) is 1. The van der Waals surface area contributed by atoms with Gasteiger partial charge in [-0.15, -0.1) is 11.3 Å². The summed E-state index contributed by atoms with van der Waals surface area (Å²) >= 11 is 1.68. The molecular formula is C13H19F3N2S. The van der Waals surface area contributed by atoms with E-state index in [0.717, 1.165) is 4.88 Å². The second kappa shape index (κ2) is 5.81. The molecule has 2 nitrogen and oxygen atoms in total. The lowest BCUT2D eigenvalue weighted by molar-refractivity contribution is -0.186. The van der Waals surface area contributed by atoms with E-state index in [1.807, 2.05) is 19.1 Å². The van der Waals surface area contributed by atoms with Crippen LogP contribution in [-0.4, -0.2) is 30.7 Å². The molecule has 108 valence electrons. The van der Waals surface area contributed by atoms with Crippen LogP contribution in [0, 0.1) is 12.8 Å². The van der Waals surface area contributed by atoms with Crippen molar-refractivity contribution in [1.29, 1.82) is 0 Å². The highest BCUT2D eigenvalue weighted by molar-refractivity contribution is 7.12. The lowest BCUT2D eigenvalue weighted by atomic mass is 9.95. The molecule has 1 unspecified atom stereocenters. The highest BCUT2D eigenvalue weighted by Crippen LogP contribution is 2.37. The molecule has 1 aliphatic rings. The topological polar surface area (TPSA) is 29.3 Å². The Bertz CT molecular complexity index is 408. The largest absolute Gasteiger partial charge is 0.391 e. The zero-order valence-corrected chi connectivity index (χ0v) is 11.7. The molecule has 1 aliphatic heterocycles. The van der Waals surface area contributed by atoms with Crippen LogP contribution in [0.15, 0.2) is 12.1 Å². The molecule has 2 N–H and O–H groups in total. The van der Waals surface area contributed by atoms with Gasteiger partial charge in [-0.2, -0.15) is 13.2 Å². The van der Waals surface area contributed by atoms with E-state index in [9.17, 15) is 13.2 Å². The Balaban J connectivity index is 1.99. The van der Waals surface area contributed by atoms with Crippen LogP contribution in [-0.2, 0) is 0 Å². The zero-order valence-electron chi connectivity index (χ0n) is 10.9. The van der Waals surface area contributed by atoms with Gasteiger partial charge in [0.25, 0.3) is 0 Å². The summed E-state index contributed by atoms with van der Waals surface area (Å²) < 4.78 is 37.9. The first-order valence-corrected chi connectivity index (χ1v) is 7.30. The molecule has 1 aromatic rings. The Morgan fingerprint density at radius 2 is 2.00 bits per heavy atom. The maximum atomic E-state index is 12.6. The van der Waals surface area contributed by atoms with E-state index < -0.39 is 12.1 Å². The van der Waals surface area contributed by atoms with Crippen LogP contribution in [0.2, 0.25) is 0 Å². The molecule has 19 heavy (non-hydrogen) atoms. The van der Waals surface area contributed by atoms with Gasteiger partial charge in [-0.1, -0.05) is 0 Å². The van der Waals surface area contributed by atoms with Crippen molar-refractivity contribution in [2.45, 2.75) is 32.0 Å². The van der Waals surface area contributed by atoms with Crippen molar-refractivity contribution in [2.24, 2.45) is 11.7 Å². The summed E-state index contributed by atoms with van der Waals surface area (Å²) in [5.41, 5.74) is 5.81. The first kappa shape index (κ1) is 14.8. The number of nitrogens with two attached hydrogens (primary N) is 1. The standard InChI is InChI=1S/C13H19F3N2S/c1-9-2-3-12(19-9)11(8-17)18-6-4-10(5-7-18)13(14,15)16/h2-3,10-11H,4-8,17H2,1H3. The lowest BCUT2D eigenvalue weighted by Gasteiger charge is -2.37. The zero-order chi connectivity index (χ0) is 14.0. The van der Waals surface area contributed by atoms with E-state index in [1.54, 1.807) is 11.3 Å². The third-order valence-electron chi connectivity index (χ3n) is 3.75. The van der Waals surface area contributed by atoms with Crippen LogP contribution in [0.3, 0.4) is 0 Å². The summed E-state index contributed by atoms with van der Waals surface area (Å²) in [7, 11) is 0. The van der Waals surface area contributed by atoms with Crippen molar-refractivity contribution in [3.05, 3.63) is 21.9 Å². The molecule has 0 saturated carbocycles.